The van der Waals surface area contributed by atoms with Gasteiger partial charge in [0.2, 0.25) is 5.89 Å². The predicted molar refractivity (Wildman–Crippen MR) is 118 cm³/mol. The van der Waals surface area contributed by atoms with Gasteiger partial charge in [-0.3, -0.25) is 9.59 Å². The number of benzene rings is 2. The Morgan fingerprint density at radius 1 is 1.16 bits per heavy atom. The zero-order chi connectivity index (χ0) is 22.0. The summed E-state index contributed by atoms with van der Waals surface area (Å²) in [6, 6.07) is 15.1. The van der Waals surface area contributed by atoms with Crippen LogP contribution in [0.4, 0.5) is 0 Å². The molecule has 9 heteroatoms. The highest BCUT2D eigenvalue weighted by Crippen LogP contribution is 2.35. The smallest absolute Gasteiger partial charge is 0.326 e. The van der Waals surface area contributed by atoms with Gasteiger partial charge in [-0.25, -0.2) is 0 Å². The van der Waals surface area contributed by atoms with Gasteiger partial charge in [0.25, 0.3) is 11.8 Å². The van der Waals surface area contributed by atoms with E-state index in [4.69, 9.17) is 20.8 Å². The number of amides is 1. The molecule has 4 aromatic rings. The second kappa shape index (κ2) is 8.87. The molecule has 158 valence electrons. The highest BCUT2D eigenvalue weighted by Gasteiger charge is 2.21. The Kier molecular flexibility index (Phi) is 6.01. The third kappa shape index (κ3) is 4.60. The lowest BCUT2D eigenvalue weighted by Crippen LogP contribution is -2.30. The van der Waals surface area contributed by atoms with E-state index in [9.17, 15) is 9.59 Å². The number of aromatic nitrogens is 2. The molecule has 1 amide bonds. The minimum atomic E-state index is -0.760. The molecule has 31 heavy (non-hydrogen) atoms. The Bertz CT molecular complexity index is 1250. The lowest BCUT2D eigenvalue weighted by Gasteiger charge is -2.10. The molecule has 0 spiro atoms. The SMILES string of the molecule is Cc1ccc(-c2nnc(C(C)OC(=O)CNC(=O)c3sc4ccccc4c3Cl)o2)cc1. The zero-order valence-electron chi connectivity index (χ0n) is 16.7. The van der Waals surface area contributed by atoms with E-state index in [1.807, 2.05) is 55.5 Å². The van der Waals surface area contributed by atoms with Crippen molar-refractivity contribution in [2.75, 3.05) is 6.54 Å². The number of carbonyl (C=O) groups excluding carboxylic acids is 2. The lowest BCUT2D eigenvalue weighted by atomic mass is 10.1. The van der Waals surface area contributed by atoms with Crippen LogP contribution in [-0.2, 0) is 9.53 Å². The summed E-state index contributed by atoms with van der Waals surface area (Å²) in [7, 11) is 0. The van der Waals surface area contributed by atoms with Crippen molar-refractivity contribution in [1.82, 2.24) is 15.5 Å². The van der Waals surface area contributed by atoms with Gasteiger partial charge in [-0.1, -0.05) is 47.5 Å². The van der Waals surface area contributed by atoms with Gasteiger partial charge in [0.05, 0.1) is 5.02 Å². The molecule has 0 aliphatic carbocycles. The minimum absolute atomic E-state index is 0.169. The molecule has 4 rings (SSSR count). The number of rotatable bonds is 6. The largest absolute Gasteiger partial charge is 0.451 e. The average molecular weight is 456 g/mol. The third-order valence-corrected chi connectivity index (χ3v) is 6.20. The maximum absolute atomic E-state index is 12.4. The summed E-state index contributed by atoms with van der Waals surface area (Å²) in [6.45, 7) is 3.29. The van der Waals surface area contributed by atoms with E-state index >= 15 is 0 Å². The van der Waals surface area contributed by atoms with E-state index < -0.39 is 18.0 Å². The number of fused-ring (bicyclic) bond motifs is 1. The molecule has 1 atom stereocenters. The van der Waals surface area contributed by atoms with Crippen molar-refractivity contribution in [1.29, 1.82) is 0 Å². The number of aryl methyl sites for hydroxylation is 1. The molecular formula is C22H18ClN3O4S. The number of hydrogen-bond donors (Lipinski definition) is 1. The number of nitrogens with one attached hydrogen (secondary N) is 1. The molecule has 2 aromatic heterocycles. The first kappa shape index (κ1) is 21.0. The van der Waals surface area contributed by atoms with Crippen molar-refractivity contribution in [3.63, 3.8) is 0 Å². The minimum Gasteiger partial charge on any atom is -0.451 e. The molecule has 0 aliphatic heterocycles. The summed E-state index contributed by atoms with van der Waals surface area (Å²) in [5.41, 5.74) is 1.89. The van der Waals surface area contributed by atoms with Gasteiger partial charge in [0.1, 0.15) is 11.4 Å². The number of halogens is 1. The maximum atomic E-state index is 12.4. The van der Waals surface area contributed by atoms with Gasteiger partial charge in [0.15, 0.2) is 6.10 Å². The lowest BCUT2D eigenvalue weighted by molar-refractivity contribution is -0.148. The van der Waals surface area contributed by atoms with Crippen LogP contribution in [0.2, 0.25) is 5.02 Å². The van der Waals surface area contributed by atoms with E-state index in [-0.39, 0.29) is 12.4 Å². The molecule has 0 radical (unpaired) electrons. The molecule has 1 unspecified atom stereocenters. The van der Waals surface area contributed by atoms with Crippen LogP contribution in [0.5, 0.6) is 0 Å². The molecule has 0 saturated heterocycles. The van der Waals surface area contributed by atoms with Crippen molar-refractivity contribution in [2.24, 2.45) is 0 Å². The first-order valence-electron chi connectivity index (χ1n) is 9.47. The molecule has 0 aliphatic rings. The predicted octanol–water partition coefficient (Wildman–Crippen LogP) is 4.95. The van der Waals surface area contributed by atoms with Crippen molar-refractivity contribution in [2.45, 2.75) is 20.0 Å². The van der Waals surface area contributed by atoms with Crippen molar-refractivity contribution in [3.05, 3.63) is 69.9 Å². The molecular weight excluding hydrogens is 438 g/mol. The van der Waals surface area contributed by atoms with Crippen LogP contribution in [0.3, 0.4) is 0 Å². The van der Waals surface area contributed by atoms with Crippen molar-refractivity contribution >= 4 is 44.9 Å². The summed E-state index contributed by atoms with van der Waals surface area (Å²) < 4.78 is 11.8. The van der Waals surface area contributed by atoms with Crippen molar-refractivity contribution in [3.8, 4) is 11.5 Å². The van der Waals surface area contributed by atoms with Crippen LogP contribution in [0.1, 0.15) is 34.2 Å². The van der Waals surface area contributed by atoms with Crippen LogP contribution in [0, 0.1) is 6.92 Å². The van der Waals surface area contributed by atoms with E-state index in [0.717, 1.165) is 21.2 Å². The van der Waals surface area contributed by atoms with Gasteiger partial charge in [-0.05, 0) is 32.0 Å². The van der Waals surface area contributed by atoms with E-state index in [0.29, 0.717) is 15.8 Å². The second-order valence-corrected chi connectivity index (χ2v) is 8.30. The fraction of sp³-hybridized carbons (Fsp3) is 0.182. The second-order valence-electron chi connectivity index (χ2n) is 6.87. The van der Waals surface area contributed by atoms with Gasteiger partial charge >= 0.3 is 5.97 Å². The highest BCUT2D eigenvalue weighted by molar-refractivity contribution is 7.21. The third-order valence-electron chi connectivity index (χ3n) is 4.53. The fourth-order valence-corrected chi connectivity index (χ4v) is 4.33. The maximum Gasteiger partial charge on any atom is 0.326 e. The number of nitrogens with zero attached hydrogens (tertiary/aromatic N) is 2. The van der Waals surface area contributed by atoms with E-state index in [2.05, 4.69) is 15.5 Å². The molecule has 7 nitrogen and oxygen atoms in total. The number of carbonyl (C=O) groups is 2. The summed E-state index contributed by atoms with van der Waals surface area (Å²) in [4.78, 5) is 25.0. The fourth-order valence-electron chi connectivity index (χ4n) is 2.89. The molecule has 0 saturated carbocycles. The standard InChI is InChI=1S/C22H18ClN3O4S/c1-12-7-9-14(10-8-12)22-26-25-21(30-22)13(2)29-17(27)11-24-20(28)19-18(23)15-5-3-4-6-16(15)31-19/h3-10,13H,11H2,1-2H3,(H,24,28). The number of ether oxygens (including phenoxy) is 1. The molecule has 1 N–H and O–H groups in total. The van der Waals surface area contributed by atoms with Gasteiger partial charge < -0.3 is 14.5 Å². The summed E-state index contributed by atoms with van der Waals surface area (Å²) in [6.07, 6.45) is -0.760. The highest BCUT2D eigenvalue weighted by atomic mass is 35.5. The zero-order valence-corrected chi connectivity index (χ0v) is 18.3. The monoisotopic (exact) mass is 455 g/mol. The van der Waals surface area contributed by atoms with Crippen molar-refractivity contribution < 1.29 is 18.7 Å². The molecule has 0 fully saturated rings. The summed E-state index contributed by atoms with van der Waals surface area (Å²) >= 11 is 7.57. The number of hydrogen-bond acceptors (Lipinski definition) is 7. The topological polar surface area (TPSA) is 94.3 Å². The van der Waals surface area contributed by atoms with E-state index in [1.54, 1.807) is 6.92 Å². The van der Waals surface area contributed by atoms with E-state index in [1.165, 1.54) is 11.3 Å². The average Bonchev–Trinajstić information content (AvgIpc) is 3.38. The number of thiophene rings is 1. The van der Waals surface area contributed by atoms with Crippen LogP contribution in [0.15, 0.2) is 52.9 Å². The first-order valence-corrected chi connectivity index (χ1v) is 10.7. The van der Waals surface area contributed by atoms with Gasteiger partial charge in [-0.15, -0.1) is 21.5 Å². The Morgan fingerprint density at radius 2 is 1.90 bits per heavy atom. The van der Waals surface area contributed by atoms with Crippen LogP contribution < -0.4 is 5.32 Å². The number of esters is 1. The summed E-state index contributed by atoms with van der Waals surface area (Å²) in [5, 5.41) is 11.7. The molecule has 2 aromatic carbocycles. The van der Waals surface area contributed by atoms with Crippen LogP contribution >= 0.6 is 22.9 Å². The normalized spacial score (nSPS) is 12.0. The summed E-state index contributed by atoms with van der Waals surface area (Å²) in [5.74, 6) is -0.558. The quantitative estimate of drug-likeness (QED) is 0.413. The Hall–Kier alpha value is -3.23. The van der Waals surface area contributed by atoms with Gasteiger partial charge in [0, 0.05) is 15.6 Å². The first-order chi connectivity index (χ1) is 14.9. The Balaban J connectivity index is 1.34. The van der Waals surface area contributed by atoms with Gasteiger partial charge in [-0.2, -0.15) is 0 Å². The van der Waals surface area contributed by atoms with Crippen LogP contribution in [-0.4, -0.2) is 28.6 Å². The molecule has 2 heterocycles. The molecule has 0 bridgehead atoms. The Morgan fingerprint density at radius 3 is 2.65 bits per heavy atom. The van der Waals surface area contributed by atoms with Crippen LogP contribution in [0.25, 0.3) is 21.5 Å². The Labute approximate surface area is 187 Å².